The largest absolute Gasteiger partial charge is 0.392 e. The van der Waals surface area contributed by atoms with Gasteiger partial charge >= 0.3 is 0 Å². The fourth-order valence-electron chi connectivity index (χ4n) is 1.56. The summed E-state index contributed by atoms with van der Waals surface area (Å²) in [4.78, 5) is 4.13. The van der Waals surface area contributed by atoms with E-state index in [1.807, 2.05) is 0 Å². The molecular formula is C12H5Cl6NO. The van der Waals surface area contributed by atoms with Crippen LogP contribution in [0.25, 0.3) is 11.3 Å². The third-order valence-corrected chi connectivity index (χ3v) is 5.09. The summed E-state index contributed by atoms with van der Waals surface area (Å²) >= 11 is 36.3. The van der Waals surface area contributed by atoms with E-state index in [0.717, 1.165) is 0 Å². The Bertz CT molecular complexity index is 659. The van der Waals surface area contributed by atoms with E-state index in [2.05, 4.69) is 4.98 Å². The maximum Gasteiger partial charge on any atom is 0.0919 e. The van der Waals surface area contributed by atoms with Gasteiger partial charge in [0.2, 0.25) is 0 Å². The molecule has 1 aromatic heterocycles. The molecule has 0 saturated heterocycles. The molecule has 20 heavy (non-hydrogen) atoms. The fourth-order valence-corrected chi connectivity index (χ4v) is 3.16. The van der Waals surface area contributed by atoms with E-state index >= 15 is 0 Å². The predicted molar refractivity (Wildman–Crippen MR) is 85.7 cm³/mol. The average molecular weight is 392 g/mol. The van der Waals surface area contributed by atoms with Gasteiger partial charge in [0.25, 0.3) is 0 Å². The molecule has 2 nitrogen and oxygen atoms in total. The summed E-state index contributed by atoms with van der Waals surface area (Å²) < 4.78 is 0. The van der Waals surface area contributed by atoms with E-state index in [1.54, 1.807) is 6.07 Å². The van der Waals surface area contributed by atoms with Gasteiger partial charge in [-0.15, -0.1) is 0 Å². The van der Waals surface area contributed by atoms with Gasteiger partial charge in [-0.05, 0) is 11.6 Å². The van der Waals surface area contributed by atoms with Crippen LogP contribution < -0.4 is 0 Å². The first-order valence-corrected chi connectivity index (χ1v) is 7.42. The zero-order chi connectivity index (χ0) is 15.0. The second-order valence-corrected chi connectivity index (χ2v) is 6.07. The highest BCUT2D eigenvalue weighted by atomic mass is 35.5. The van der Waals surface area contributed by atoms with Crippen molar-refractivity contribution in [2.24, 2.45) is 0 Å². The van der Waals surface area contributed by atoms with Crippen molar-refractivity contribution >= 4 is 69.6 Å². The summed E-state index contributed by atoms with van der Waals surface area (Å²) in [5, 5.41) is 9.73. The molecule has 0 aliphatic heterocycles. The monoisotopic (exact) mass is 389 g/mol. The van der Waals surface area contributed by atoms with Gasteiger partial charge in [0.1, 0.15) is 0 Å². The van der Waals surface area contributed by atoms with E-state index < -0.39 is 0 Å². The summed E-state index contributed by atoms with van der Waals surface area (Å²) in [5.74, 6) is 0. The van der Waals surface area contributed by atoms with Crippen molar-refractivity contribution in [1.82, 2.24) is 4.98 Å². The molecule has 0 atom stereocenters. The topological polar surface area (TPSA) is 33.1 Å². The molecule has 0 fully saturated rings. The Balaban J connectivity index is 2.76. The van der Waals surface area contributed by atoms with Crippen LogP contribution >= 0.6 is 69.6 Å². The van der Waals surface area contributed by atoms with Crippen LogP contribution in [-0.2, 0) is 6.61 Å². The van der Waals surface area contributed by atoms with Crippen LogP contribution in [0.4, 0.5) is 0 Å². The average Bonchev–Trinajstić information content (AvgIpc) is 2.44. The molecule has 8 heteroatoms. The normalized spacial score (nSPS) is 10.9. The molecule has 0 aliphatic carbocycles. The molecule has 106 valence electrons. The van der Waals surface area contributed by atoms with Gasteiger partial charge in [-0.2, -0.15) is 0 Å². The summed E-state index contributed by atoms with van der Waals surface area (Å²) in [5.41, 5.74) is 1.15. The number of aliphatic hydroxyl groups excluding tert-OH is 1. The maximum atomic E-state index is 9.05. The number of pyridine rings is 1. The minimum Gasteiger partial charge on any atom is -0.392 e. The zero-order valence-corrected chi connectivity index (χ0v) is 14.1. The van der Waals surface area contributed by atoms with E-state index in [4.69, 9.17) is 74.7 Å². The lowest BCUT2D eigenvalue weighted by molar-refractivity contribution is 0.281. The number of hydrogen-bond acceptors (Lipinski definition) is 2. The van der Waals surface area contributed by atoms with Crippen LogP contribution in [0.3, 0.4) is 0 Å². The smallest absolute Gasteiger partial charge is 0.0919 e. The standard InChI is InChI=1S/C12H5Cl6NO/c13-5-1-4(3-20)2-19-12(5)6-7(14)9(16)11(18)10(17)8(6)15/h1-2,20H,3H2. The fraction of sp³-hybridized carbons (Fsp3) is 0.0833. The Labute approximate surface area is 145 Å². The Morgan fingerprint density at radius 2 is 1.35 bits per heavy atom. The van der Waals surface area contributed by atoms with Crippen LogP contribution in [0.1, 0.15) is 5.56 Å². The maximum absolute atomic E-state index is 9.05. The highest BCUT2D eigenvalue weighted by Gasteiger charge is 2.22. The summed E-state index contributed by atoms with van der Waals surface area (Å²) in [6, 6.07) is 1.55. The molecular weight excluding hydrogens is 387 g/mol. The molecule has 0 aliphatic rings. The minimum atomic E-state index is -0.184. The number of benzene rings is 1. The van der Waals surface area contributed by atoms with Crippen molar-refractivity contribution in [3.05, 3.63) is 48.0 Å². The molecule has 1 aromatic carbocycles. The van der Waals surface area contributed by atoms with Crippen molar-refractivity contribution < 1.29 is 5.11 Å². The molecule has 1 heterocycles. The van der Waals surface area contributed by atoms with E-state index in [1.165, 1.54) is 6.20 Å². The van der Waals surface area contributed by atoms with Gasteiger partial charge in [-0.1, -0.05) is 69.6 Å². The quantitative estimate of drug-likeness (QED) is 0.491. The zero-order valence-electron chi connectivity index (χ0n) is 9.52. The molecule has 0 saturated carbocycles. The van der Waals surface area contributed by atoms with Gasteiger partial charge in [-0.3, -0.25) is 4.98 Å². The second kappa shape index (κ2) is 6.45. The lowest BCUT2D eigenvalue weighted by Crippen LogP contribution is -1.93. The first kappa shape index (κ1) is 16.4. The Kier molecular flexibility index (Phi) is 5.30. The van der Waals surface area contributed by atoms with Crippen molar-refractivity contribution in [2.75, 3.05) is 0 Å². The van der Waals surface area contributed by atoms with Crippen LogP contribution in [0.15, 0.2) is 12.3 Å². The van der Waals surface area contributed by atoms with Crippen molar-refractivity contribution in [3.8, 4) is 11.3 Å². The summed E-state index contributed by atoms with van der Waals surface area (Å²) in [6.45, 7) is -0.184. The number of halogens is 6. The van der Waals surface area contributed by atoms with E-state index in [9.17, 15) is 0 Å². The molecule has 0 spiro atoms. The molecule has 0 radical (unpaired) electrons. The number of aliphatic hydroxyl groups is 1. The van der Waals surface area contributed by atoms with Crippen LogP contribution in [0.5, 0.6) is 0 Å². The van der Waals surface area contributed by atoms with Gasteiger partial charge in [0.15, 0.2) is 0 Å². The van der Waals surface area contributed by atoms with E-state index in [0.29, 0.717) is 16.8 Å². The minimum absolute atomic E-state index is 0.0650. The Hall–Kier alpha value is 0.0700. The predicted octanol–water partition coefficient (Wildman–Crippen LogP) is 6.16. The number of rotatable bonds is 2. The van der Waals surface area contributed by atoms with E-state index in [-0.39, 0.29) is 36.7 Å². The lowest BCUT2D eigenvalue weighted by Gasteiger charge is -2.13. The molecule has 1 N–H and O–H groups in total. The Morgan fingerprint density at radius 3 is 1.80 bits per heavy atom. The highest BCUT2D eigenvalue weighted by Crippen LogP contribution is 2.48. The third kappa shape index (κ3) is 2.84. The first-order chi connectivity index (χ1) is 9.38. The SMILES string of the molecule is OCc1cnc(-c2c(Cl)c(Cl)c(Cl)c(Cl)c2Cl)c(Cl)c1. The summed E-state index contributed by atoms with van der Waals surface area (Å²) in [7, 11) is 0. The van der Waals surface area contributed by atoms with Crippen molar-refractivity contribution in [2.45, 2.75) is 6.61 Å². The highest BCUT2D eigenvalue weighted by molar-refractivity contribution is 6.56. The first-order valence-electron chi connectivity index (χ1n) is 5.15. The van der Waals surface area contributed by atoms with Gasteiger partial charge in [0.05, 0.1) is 42.4 Å². The van der Waals surface area contributed by atoms with Gasteiger partial charge < -0.3 is 5.11 Å². The third-order valence-electron chi connectivity index (χ3n) is 2.53. The van der Waals surface area contributed by atoms with Gasteiger partial charge in [-0.25, -0.2) is 0 Å². The second-order valence-electron chi connectivity index (χ2n) is 3.78. The molecule has 2 aromatic rings. The van der Waals surface area contributed by atoms with Crippen LogP contribution in [0, 0.1) is 0 Å². The number of hydrogen-bond donors (Lipinski definition) is 1. The molecule has 0 bridgehead atoms. The molecule has 0 amide bonds. The molecule has 2 rings (SSSR count). The van der Waals surface area contributed by atoms with Crippen LogP contribution in [0.2, 0.25) is 30.1 Å². The van der Waals surface area contributed by atoms with Crippen molar-refractivity contribution in [3.63, 3.8) is 0 Å². The van der Waals surface area contributed by atoms with Crippen LogP contribution in [-0.4, -0.2) is 10.1 Å². The van der Waals surface area contributed by atoms with Crippen molar-refractivity contribution in [1.29, 1.82) is 0 Å². The summed E-state index contributed by atoms with van der Waals surface area (Å²) in [6.07, 6.45) is 1.45. The Morgan fingerprint density at radius 1 is 0.850 bits per heavy atom. The lowest BCUT2D eigenvalue weighted by atomic mass is 10.1. The van der Waals surface area contributed by atoms with Gasteiger partial charge in [0, 0.05) is 11.8 Å². The number of nitrogens with zero attached hydrogens (tertiary/aromatic N) is 1. The molecule has 0 unspecified atom stereocenters. The number of aromatic nitrogens is 1.